The second-order valence-corrected chi connectivity index (χ2v) is 7.73. The zero-order chi connectivity index (χ0) is 19.9. The number of hydrogen-bond donors (Lipinski definition) is 2. The van der Waals surface area contributed by atoms with Crippen LogP contribution in [0.1, 0.15) is 11.1 Å². The second-order valence-electron chi connectivity index (χ2n) is 6.05. The number of carbonyl (C=O) groups excluding carboxylic acids is 1. The number of benzene rings is 2. The Morgan fingerprint density at radius 3 is 2.56 bits per heavy atom. The number of methoxy groups -OCH3 is 1. The smallest absolute Gasteiger partial charge is 0.244 e. The molecule has 0 fully saturated rings. The summed E-state index contributed by atoms with van der Waals surface area (Å²) in [4.78, 5) is 12.5. The molecule has 1 amide bonds. The van der Waals surface area contributed by atoms with Crippen molar-refractivity contribution in [2.24, 2.45) is 0 Å². The fourth-order valence-electron chi connectivity index (χ4n) is 2.58. The van der Waals surface area contributed by atoms with E-state index in [0.29, 0.717) is 0 Å². The summed E-state index contributed by atoms with van der Waals surface area (Å²) in [5, 5.41) is 2.65. The van der Waals surface area contributed by atoms with Crippen molar-refractivity contribution in [1.82, 2.24) is 10.0 Å². The van der Waals surface area contributed by atoms with Crippen molar-refractivity contribution in [3.8, 4) is 5.75 Å². The molecule has 7 heteroatoms. The lowest BCUT2D eigenvalue weighted by Crippen LogP contribution is -2.48. The number of ether oxygens (including phenoxy) is 1. The molecule has 0 unspecified atom stereocenters. The molecule has 0 aliphatic rings. The van der Waals surface area contributed by atoms with E-state index in [1.54, 1.807) is 19.1 Å². The van der Waals surface area contributed by atoms with Crippen LogP contribution in [0.5, 0.6) is 5.75 Å². The largest absolute Gasteiger partial charge is 0.495 e. The molecule has 1 atom stereocenters. The number of amides is 1. The predicted molar refractivity (Wildman–Crippen MR) is 105 cm³/mol. The van der Waals surface area contributed by atoms with Gasteiger partial charge < -0.3 is 10.1 Å². The van der Waals surface area contributed by atoms with Gasteiger partial charge in [-0.3, -0.25) is 4.79 Å². The molecule has 0 spiro atoms. The van der Waals surface area contributed by atoms with Gasteiger partial charge in [0.2, 0.25) is 15.9 Å². The van der Waals surface area contributed by atoms with Gasteiger partial charge >= 0.3 is 0 Å². The number of sulfonamides is 1. The Kier molecular flexibility index (Phi) is 7.15. The number of aryl methyl sites for hydroxylation is 1. The van der Waals surface area contributed by atoms with Crippen LogP contribution in [-0.2, 0) is 21.2 Å². The molecule has 0 aliphatic carbocycles. The first kappa shape index (κ1) is 20.7. The summed E-state index contributed by atoms with van der Waals surface area (Å²) >= 11 is 0. The predicted octanol–water partition coefficient (Wildman–Crippen LogP) is 2.20. The lowest BCUT2D eigenvalue weighted by molar-refractivity contribution is -0.122. The summed E-state index contributed by atoms with van der Waals surface area (Å²) in [7, 11) is -2.57. The molecule has 144 valence electrons. The lowest BCUT2D eigenvalue weighted by Gasteiger charge is -2.19. The molecule has 0 aliphatic heterocycles. The average Bonchev–Trinajstić information content (AvgIpc) is 2.66. The minimum atomic E-state index is -3.98. The van der Waals surface area contributed by atoms with Crippen LogP contribution < -0.4 is 14.8 Å². The molecule has 0 heterocycles. The van der Waals surface area contributed by atoms with E-state index in [1.807, 2.05) is 30.3 Å². The van der Waals surface area contributed by atoms with Crippen molar-refractivity contribution in [3.05, 3.63) is 72.3 Å². The Hall–Kier alpha value is -2.64. The van der Waals surface area contributed by atoms with Crippen LogP contribution in [0.3, 0.4) is 0 Å². The van der Waals surface area contributed by atoms with Crippen LogP contribution in [0.2, 0.25) is 0 Å². The van der Waals surface area contributed by atoms with Crippen LogP contribution in [-0.4, -0.2) is 34.0 Å². The van der Waals surface area contributed by atoms with Gasteiger partial charge in [-0.1, -0.05) is 42.5 Å². The van der Waals surface area contributed by atoms with E-state index in [0.717, 1.165) is 11.1 Å². The van der Waals surface area contributed by atoms with Gasteiger partial charge in [0.05, 0.1) is 7.11 Å². The lowest BCUT2D eigenvalue weighted by atomic mass is 10.1. The maximum atomic E-state index is 13.0. The van der Waals surface area contributed by atoms with E-state index >= 15 is 0 Å². The molecule has 2 aromatic carbocycles. The normalized spacial score (nSPS) is 12.2. The molecule has 0 saturated carbocycles. The molecule has 27 heavy (non-hydrogen) atoms. The molecular formula is C20H24N2O4S. The number of nitrogens with one attached hydrogen (secondary N) is 2. The molecule has 2 N–H and O–H groups in total. The van der Waals surface area contributed by atoms with Gasteiger partial charge in [-0.05, 0) is 36.6 Å². The topological polar surface area (TPSA) is 84.5 Å². The highest BCUT2D eigenvalue weighted by atomic mass is 32.2. The van der Waals surface area contributed by atoms with Crippen LogP contribution in [0.25, 0.3) is 0 Å². The first-order chi connectivity index (χ1) is 12.9. The zero-order valence-corrected chi connectivity index (χ0v) is 16.3. The van der Waals surface area contributed by atoms with Crippen LogP contribution in [0.4, 0.5) is 0 Å². The molecule has 0 bridgehead atoms. The van der Waals surface area contributed by atoms with Gasteiger partial charge in [-0.15, -0.1) is 6.58 Å². The summed E-state index contributed by atoms with van der Waals surface area (Å²) in [5.74, 6) is -0.202. The molecule has 0 saturated heterocycles. The average molecular weight is 388 g/mol. The van der Waals surface area contributed by atoms with Gasteiger partial charge in [-0.25, -0.2) is 8.42 Å². The molecule has 0 aromatic heterocycles. The third-order valence-electron chi connectivity index (χ3n) is 3.93. The van der Waals surface area contributed by atoms with E-state index in [2.05, 4.69) is 16.6 Å². The van der Waals surface area contributed by atoms with Crippen LogP contribution in [0, 0.1) is 6.92 Å². The highest BCUT2D eigenvalue weighted by Gasteiger charge is 2.28. The molecule has 2 aromatic rings. The highest BCUT2D eigenvalue weighted by Crippen LogP contribution is 2.25. The van der Waals surface area contributed by atoms with Crippen molar-refractivity contribution in [3.63, 3.8) is 0 Å². The van der Waals surface area contributed by atoms with Crippen molar-refractivity contribution >= 4 is 15.9 Å². The summed E-state index contributed by atoms with van der Waals surface area (Å²) in [6, 6.07) is 13.1. The first-order valence-corrected chi connectivity index (χ1v) is 9.95. The fraction of sp³-hybridized carbons (Fsp3) is 0.250. The van der Waals surface area contributed by atoms with E-state index in [-0.39, 0.29) is 23.6 Å². The minimum Gasteiger partial charge on any atom is -0.495 e. The second kappa shape index (κ2) is 9.34. The monoisotopic (exact) mass is 388 g/mol. The zero-order valence-electron chi connectivity index (χ0n) is 15.4. The summed E-state index contributed by atoms with van der Waals surface area (Å²) in [6.07, 6.45) is 1.76. The highest BCUT2D eigenvalue weighted by molar-refractivity contribution is 7.89. The Morgan fingerprint density at radius 1 is 1.22 bits per heavy atom. The van der Waals surface area contributed by atoms with Crippen molar-refractivity contribution in [1.29, 1.82) is 0 Å². The van der Waals surface area contributed by atoms with Crippen molar-refractivity contribution in [2.75, 3.05) is 13.7 Å². The Labute approximate surface area is 160 Å². The fourth-order valence-corrected chi connectivity index (χ4v) is 4.03. The Balaban J connectivity index is 2.34. The third kappa shape index (κ3) is 5.67. The molecule has 6 nitrogen and oxygen atoms in total. The summed E-state index contributed by atoms with van der Waals surface area (Å²) in [5.41, 5.74) is 1.61. The van der Waals surface area contributed by atoms with Gasteiger partial charge in [-0.2, -0.15) is 4.72 Å². The van der Waals surface area contributed by atoms with Crippen LogP contribution >= 0.6 is 0 Å². The maximum absolute atomic E-state index is 13.0. The summed E-state index contributed by atoms with van der Waals surface area (Å²) < 4.78 is 33.6. The maximum Gasteiger partial charge on any atom is 0.244 e. The number of rotatable bonds is 9. The SMILES string of the molecule is C=CCNC(=O)[C@H](Cc1ccccc1)NS(=O)(=O)c1cc(C)ccc1OC. The van der Waals surface area contributed by atoms with Crippen LogP contribution in [0.15, 0.2) is 66.1 Å². The standard InChI is InChI=1S/C20H24N2O4S/c1-4-12-21-20(23)17(14-16-8-6-5-7-9-16)22-27(24,25)19-13-15(2)10-11-18(19)26-3/h4-11,13,17,22H,1,12,14H2,2-3H3,(H,21,23)/t17-/m0/s1. The summed E-state index contributed by atoms with van der Waals surface area (Å²) in [6.45, 7) is 5.60. The van der Waals surface area contributed by atoms with Gasteiger partial charge in [0, 0.05) is 6.54 Å². The third-order valence-corrected chi connectivity index (χ3v) is 5.42. The van der Waals surface area contributed by atoms with Gasteiger partial charge in [0.1, 0.15) is 16.7 Å². The molecule has 0 radical (unpaired) electrons. The van der Waals surface area contributed by atoms with E-state index in [9.17, 15) is 13.2 Å². The minimum absolute atomic E-state index is 0.000387. The number of hydrogen-bond acceptors (Lipinski definition) is 4. The Morgan fingerprint density at radius 2 is 1.93 bits per heavy atom. The number of carbonyl (C=O) groups is 1. The van der Waals surface area contributed by atoms with E-state index in [4.69, 9.17) is 4.74 Å². The molecular weight excluding hydrogens is 364 g/mol. The molecule has 2 rings (SSSR count). The Bertz CT molecular complexity index is 895. The quantitative estimate of drug-likeness (QED) is 0.645. The van der Waals surface area contributed by atoms with Gasteiger partial charge in [0.15, 0.2) is 0 Å². The van der Waals surface area contributed by atoms with Crippen molar-refractivity contribution in [2.45, 2.75) is 24.3 Å². The van der Waals surface area contributed by atoms with Crippen molar-refractivity contribution < 1.29 is 17.9 Å². The first-order valence-electron chi connectivity index (χ1n) is 8.47. The van der Waals surface area contributed by atoms with E-state index < -0.39 is 22.0 Å². The van der Waals surface area contributed by atoms with Gasteiger partial charge in [0.25, 0.3) is 0 Å². The van der Waals surface area contributed by atoms with E-state index in [1.165, 1.54) is 19.3 Å².